The average Bonchev–Trinajstić information content (AvgIpc) is 2.67. The first-order valence-corrected chi connectivity index (χ1v) is 5.00. The normalized spacial score (nSPS) is 11.6. The van der Waals surface area contributed by atoms with E-state index in [1.807, 2.05) is 13.8 Å². The van der Waals surface area contributed by atoms with Crippen LogP contribution < -0.4 is 11.2 Å². The van der Waals surface area contributed by atoms with Crippen molar-refractivity contribution in [3.05, 3.63) is 26.6 Å². The molecule has 0 N–H and O–H groups in total. The van der Waals surface area contributed by atoms with Crippen LogP contribution in [0, 0.1) is 0 Å². The first-order chi connectivity index (χ1) is 7.45. The number of hydrogen-bond donors (Lipinski definition) is 0. The number of aromatic nitrogens is 3. The van der Waals surface area contributed by atoms with E-state index < -0.39 is 5.69 Å². The van der Waals surface area contributed by atoms with Crippen molar-refractivity contribution in [2.75, 3.05) is 0 Å². The first kappa shape index (κ1) is 10.7. The highest BCUT2D eigenvalue weighted by Gasteiger charge is 2.19. The number of aryl methyl sites for hydroxylation is 1. The highest BCUT2D eigenvalue weighted by Crippen LogP contribution is 2.20. The van der Waals surface area contributed by atoms with Crippen molar-refractivity contribution in [2.45, 2.75) is 19.8 Å². The van der Waals surface area contributed by atoms with E-state index >= 15 is 0 Å². The summed E-state index contributed by atoms with van der Waals surface area (Å²) in [6.45, 7) is 3.81. The third-order valence-corrected chi connectivity index (χ3v) is 2.63. The van der Waals surface area contributed by atoms with Crippen molar-refractivity contribution in [3.8, 4) is 0 Å². The van der Waals surface area contributed by atoms with E-state index in [2.05, 4.69) is 5.16 Å². The van der Waals surface area contributed by atoms with E-state index in [4.69, 9.17) is 4.52 Å². The summed E-state index contributed by atoms with van der Waals surface area (Å²) in [5.41, 5.74) is -0.457. The maximum absolute atomic E-state index is 11.9. The SMILES string of the molecule is CC(C)c1onc2c1c(=O)n(C)c(=O)n2C. The van der Waals surface area contributed by atoms with E-state index in [0.29, 0.717) is 16.8 Å². The molecule has 6 heteroatoms. The molecule has 0 saturated heterocycles. The summed E-state index contributed by atoms with van der Waals surface area (Å²) < 4.78 is 7.50. The molecule has 0 spiro atoms. The van der Waals surface area contributed by atoms with Crippen LogP contribution in [0.3, 0.4) is 0 Å². The van der Waals surface area contributed by atoms with Gasteiger partial charge in [-0.1, -0.05) is 19.0 Å². The molecule has 0 radical (unpaired) electrons. The zero-order chi connectivity index (χ0) is 12.0. The van der Waals surface area contributed by atoms with Crippen LogP contribution in [0.1, 0.15) is 25.5 Å². The molecule has 86 valence electrons. The van der Waals surface area contributed by atoms with Crippen LogP contribution in [0.5, 0.6) is 0 Å². The molecule has 6 nitrogen and oxygen atoms in total. The molecular weight excluding hydrogens is 210 g/mol. The Morgan fingerprint density at radius 2 is 1.81 bits per heavy atom. The van der Waals surface area contributed by atoms with Gasteiger partial charge in [-0.05, 0) is 0 Å². The van der Waals surface area contributed by atoms with E-state index in [0.717, 1.165) is 4.57 Å². The molecule has 0 saturated carbocycles. The van der Waals surface area contributed by atoms with Crippen LogP contribution in [0.15, 0.2) is 14.1 Å². The minimum absolute atomic E-state index is 0.0511. The molecule has 16 heavy (non-hydrogen) atoms. The van der Waals surface area contributed by atoms with E-state index in [-0.39, 0.29) is 11.5 Å². The third-order valence-electron chi connectivity index (χ3n) is 2.63. The third kappa shape index (κ3) is 1.22. The molecule has 0 aliphatic rings. The zero-order valence-corrected chi connectivity index (χ0v) is 9.64. The van der Waals surface area contributed by atoms with Gasteiger partial charge in [-0.3, -0.25) is 13.9 Å². The van der Waals surface area contributed by atoms with E-state index in [9.17, 15) is 9.59 Å². The van der Waals surface area contributed by atoms with Crippen LogP contribution in [-0.2, 0) is 14.1 Å². The Morgan fingerprint density at radius 1 is 1.19 bits per heavy atom. The Kier molecular flexibility index (Phi) is 2.22. The second kappa shape index (κ2) is 3.33. The van der Waals surface area contributed by atoms with Crippen molar-refractivity contribution in [2.24, 2.45) is 14.1 Å². The van der Waals surface area contributed by atoms with Crippen molar-refractivity contribution in [1.29, 1.82) is 0 Å². The predicted octanol–water partition coefficient (Wildman–Crippen LogP) is 0.349. The summed E-state index contributed by atoms with van der Waals surface area (Å²) in [5.74, 6) is 0.571. The van der Waals surface area contributed by atoms with Gasteiger partial charge >= 0.3 is 5.69 Å². The molecular formula is C10H13N3O3. The highest BCUT2D eigenvalue weighted by atomic mass is 16.5. The quantitative estimate of drug-likeness (QED) is 0.699. The van der Waals surface area contributed by atoms with Crippen molar-refractivity contribution in [1.82, 2.24) is 14.3 Å². The number of hydrogen-bond acceptors (Lipinski definition) is 4. The smallest absolute Gasteiger partial charge is 0.332 e. The van der Waals surface area contributed by atoms with Gasteiger partial charge in [0, 0.05) is 20.0 Å². The Labute approximate surface area is 91.1 Å². The van der Waals surface area contributed by atoms with Crippen LogP contribution in [0.4, 0.5) is 0 Å². The summed E-state index contributed by atoms with van der Waals surface area (Å²) in [6.07, 6.45) is 0. The number of nitrogens with zero attached hydrogens (tertiary/aromatic N) is 3. The second-order valence-electron chi connectivity index (χ2n) is 4.11. The van der Waals surface area contributed by atoms with Gasteiger partial charge in [-0.25, -0.2) is 4.79 Å². The molecule has 2 aromatic heterocycles. The molecule has 0 unspecified atom stereocenters. The fraction of sp³-hybridized carbons (Fsp3) is 0.500. The Hall–Kier alpha value is -1.85. The van der Waals surface area contributed by atoms with Crippen molar-refractivity contribution >= 4 is 11.0 Å². The summed E-state index contributed by atoms with van der Waals surface area (Å²) in [7, 11) is 3.01. The molecule has 0 aliphatic heterocycles. The molecule has 2 heterocycles. The van der Waals surface area contributed by atoms with Gasteiger partial charge in [0.25, 0.3) is 5.56 Å². The van der Waals surface area contributed by atoms with Gasteiger partial charge in [-0.2, -0.15) is 0 Å². The number of fused-ring (bicyclic) bond motifs is 1. The van der Waals surface area contributed by atoms with Gasteiger partial charge in [-0.15, -0.1) is 0 Å². The lowest BCUT2D eigenvalue weighted by atomic mass is 10.1. The molecule has 0 amide bonds. The fourth-order valence-corrected chi connectivity index (χ4v) is 1.69. The zero-order valence-electron chi connectivity index (χ0n) is 9.64. The second-order valence-corrected chi connectivity index (χ2v) is 4.11. The predicted molar refractivity (Wildman–Crippen MR) is 58.6 cm³/mol. The monoisotopic (exact) mass is 223 g/mol. The van der Waals surface area contributed by atoms with Gasteiger partial charge in [0.15, 0.2) is 11.4 Å². The average molecular weight is 223 g/mol. The lowest BCUT2D eigenvalue weighted by Gasteiger charge is -2.02. The molecule has 2 rings (SSSR count). The lowest BCUT2D eigenvalue weighted by molar-refractivity contribution is 0.376. The van der Waals surface area contributed by atoms with Crippen LogP contribution in [0.2, 0.25) is 0 Å². The summed E-state index contributed by atoms with van der Waals surface area (Å²) in [6, 6.07) is 0. The lowest BCUT2D eigenvalue weighted by Crippen LogP contribution is -2.37. The fourth-order valence-electron chi connectivity index (χ4n) is 1.69. The molecule has 0 aromatic carbocycles. The molecule has 0 fully saturated rings. The van der Waals surface area contributed by atoms with Gasteiger partial charge < -0.3 is 4.52 Å². The van der Waals surface area contributed by atoms with Crippen LogP contribution in [-0.4, -0.2) is 14.3 Å². The standard InChI is InChI=1S/C10H13N3O3/c1-5(2)7-6-8(11-16-7)12(3)10(15)13(4)9(6)14/h5H,1-4H3. The summed E-state index contributed by atoms with van der Waals surface area (Å²) in [4.78, 5) is 23.6. The van der Waals surface area contributed by atoms with E-state index in [1.54, 1.807) is 7.05 Å². The minimum Gasteiger partial charge on any atom is -0.358 e. The summed E-state index contributed by atoms with van der Waals surface area (Å²) >= 11 is 0. The Balaban J connectivity index is 3.07. The van der Waals surface area contributed by atoms with Crippen molar-refractivity contribution < 1.29 is 4.52 Å². The number of rotatable bonds is 1. The maximum Gasteiger partial charge on any atom is 0.332 e. The minimum atomic E-state index is -0.402. The Morgan fingerprint density at radius 3 is 2.38 bits per heavy atom. The topological polar surface area (TPSA) is 70.0 Å². The molecule has 0 atom stereocenters. The van der Waals surface area contributed by atoms with Crippen LogP contribution in [0.25, 0.3) is 11.0 Å². The van der Waals surface area contributed by atoms with Gasteiger partial charge in [0.1, 0.15) is 5.39 Å². The molecule has 2 aromatic rings. The Bertz CT molecular complexity index is 660. The summed E-state index contributed by atoms with van der Waals surface area (Å²) in [5, 5.41) is 4.17. The molecule has 0 aliphatic carbocycles. The van der Waals surface area contributed by atoms with Crippen LogP contribution >= 0.6 is 0 Å². The van der Waals surface area contributed by atoms with Crippen molar-refractivity contribution in [3.63, 3.8) is 0 Å². The largest absolute Gasteiger partial charge is 0.358 e. The molecule has 0 bridgehead atoms. The van der Waals surface area contributed by atoms with E-state index in [1.165, 1.54) is 11.6 Å². The van der Waals surface area contributed by atoms with Gasteiger partial charge in [0.2, 0.25) is 0 Å². The highest BCUT2D eigenvalue weighted by molar-refractivity contribution is 5.76. The first-order valence-electron chi connectivity index (χ1n) is 5.00. The maximum atomic E-state index is 11.9. The van der Waals surface area contributed by atoms with Gasteiger partial charge in [0.05, 0.1) is 0 Å².